The number of nitrogens with zero attached hydrogens (tertiary/aromatic N) is 2. The molecule has 1 aromatic heterocycles. The number of amides is 2. The highest BCUT2D eigenvalue weighted by molar-refractivity contribution is 6.03. The summed E-state index contributed by atoms with van der Waals surface area (Å²) in [7, 11) is 0. The van der Waals surface area contributed by atoms with Crippen molar-refractivity contribution in [3.05, 3.63) is 95.2 Å². The Morgan fingerprint density at radius 2 is 1.72 bits per heavy atom. The lowest BCUT2D eigenvalue weighted by Gasteiger charge is -2.30. The highest BCUT2D eigenvalue weighted by Crippen LogP contribution is 2.36. The Hall–Kier alpha value is -4.63. The van der Waals surface area contributed by atoms with Crippen LogP contribution in [0.25, 0.3) is 5.69 Å². The van der Waals surface area contributed by atoms with E-state index in [0.29, 0.717) is 17.1 Å². The fraction of sp³-hybridized carbons (Fsp3) is 0.324. The highest BCUT2D eigenvalue weighted by atomic mass is 16.3. The van der Waals surface area contributed by atoms with Crippen molar-refractivity contribution in [1.29, 1.82) is 0 Å². The van der Waals surface area contributed by atoms with Gasteiger partial charge in [0.25, 0.3) is 0 Å². The Balaban J connectivity index is 1.41. The van der Waals surface area contributed by atoms with Crippen molar-refractivity contribution in [2.75, 3.05) is 29.5 Å². The average molecular weight is 581 g/mol. The third kappa shape index (κ3) is 6.89. The van der Waals surface area contributed by atoms with Gasteiger partial charge < -0.3 is 21.5 Å². The van der Waals surface area contributed by atoms with E-state index in [-0.39, 0.29) is 28.6 Å². The molecule has 1 saturated heterocycles. The minimum absolute atomic E-state index is 0.0504. The quantitative estimate of drug-likeness (QED) is 0.0979. The summed E-state index contributed by atoms with van der Waals surface area (Å²) in [6, 6.07) is 21.5. The summed E-state index contributed by atoms with van der Waals surface area (Å²) in [5.74, 6) is 0.137. The molecule has 0 aliphatic carbocycles. The number of rotatable bonds is 7. The SMILES string of the molecule is Cc1ccc(-n2nc(C(C)(C)C)cc2NC(=O)Nc2cccc(C(C(=O)c3ccc(O)c(N)c3)C3CCNCC3)c2)cc1. The van der Waals surface area contributed by atoms with Gasteiger partial charge in [0.05, 0.1) is 23.0 Å². The number of phenolic OH excluding ortho intramolecular Hbond substituents is 1. The number of hydrogen-bond acceptors (Lipinski definition) is 6. The Kier molecular flexibility index (Phi) is 8.54. The first kappa shape index (κ1) is 29.8. The lowest BCUT2D eigenvalue weighted by Crippen LogP contribution is -2.33. The molecular formula is C34H40N6O3. The number of nitrogens with one attached hydrogen (secondary N) is 3. The molecule has 0 spiro atoms. The van der Waals surface area contributed by atoms with Crippen LogP contribution in [-0.2, 0) is 5.41 Å². The summed E-state index contributed by atoms with van der Waals surface area (Å²) >= 11 is 0. The fourth-order valence-electron chi connectivity index (χ4n) is 5.51. The number of benzene rings is 3. The van der Waals surface area contributed by atoms with Gasteiger partial charge in [-0.2, -0.15) is 5.10 Å². The number of carbonyl (C=O) groups excluding carboxylic acids is 2. The number of nitrogens with two attached hydrogens (primary N) is 1. The van der Waals surface area contributed by atoms with E-state index in [4.69, 9.17) is 10.8 Å². The Bertz CT molecular complexity index is 1610. The molecular weight excluding hydrogens is 540 g/mol. The van der Waals surface area contributed by atoms with Crippen LogP contribution in [0.15, 0.2) is 72.8 Å². The number of nitrogen functional groups attached to an aromatic ring is 1. The van der Waals surface area contributed by atoms with Gasteiger partial charge in [0.15, 0.2) is 5.78 Å². The molecule has 4 aromatic rings. The van der Waals surface area contributed by atoms with E-state index in [1.807, 2.05) is 61.5 Å². The normalized spacial score (nSPS) is 14.7. The van der Waals surface area contributed by atoms with Crippen molar-refractivity contribution >= 4 is 29.0 Å². The van der Waals surface area contributed by atoms with Crippen LogP contribution in [0.4, 0.5) is 22.0 Å². The van der Waals surface area contributed by atoms with Crippen LogP contribution in [0.2, 0.25) is 0 Å². The fourth-order valence-corrected chi connectivity index (χ4v) is 5.51. The first-order valence-corrected chi connectivity index (χ1v) is 14.7. The highest BCUT2D eigenvalue weighted by Gasteiger charge is 2.32. The van der Waals surface area contributed by atoms with E-state index in [9.17, 15) is 14.7 Å². The number of aromatic nitrogens is 2. The monoisotopic (exact) mass is 580 g/mol. The molecule has 6 N–H and O–H groups in total. The summed E-state index contributed by atoms with van der Waals surface area (Å²) < 4.78 is 1.74. The minimum atomic E-state index is -0.423. The molecule has 2 amide bonds. The number of piperidine rings is 1. The molecule has 3 aromatic carbocycles. The van der Waals surface area contributed by atoms with Gasteiger partial charge in [-0.05, 0) is 86.8 Å². The topological polar surface area (TPSA) is 134 Å². The molecule has 43 heavy (non-hydrogen) atoms. The number of carbonyl (C=O) groups is 2. The van der Waals surface area contributed by atoms with Crippen molar-refractivity contribution in [1.82, 2.24) is 15.1 Å². The average Bonchev–Trinajstić information content (AvgIpc) is 3.40. The smallest absolute Gasteiger partial charge is 0.324 e. The summed E-state index contributed by atoms with van der Waals surface area (Å²) in [5, 5.41) is 24.0. The molecule has 1 aliphatic rings. The number of phenols is 1. The Morgan fingerprint density at radius 1 is 1.00 bits per heavy atom. The lowest BCUT2D eigenvalue weighted by molar-refractivity contribution is 0.0916. The van der Waals surface area contributed by atoms with Crippen LogP contribution in [0, 0.1) is 12.8 Å². The predicted octanol–water partition coefficient (Wildman–Crippen LogP) is 6.38. The van der Waals surface area contributed by atoms with Crippen molar-refractivity contribution < 1.29 is 14.7 Å². The van der Waals surface area contributed by atoms with Gasteiger partial charge in [-0.3, -0.25) is 10.1 Å². The molecule has 0 bridgehead atoms. The van der Waals surface area contributed by atoms with Gasteiger partial charge in [-0.15, -0.1) is 0 Å². The van der Waals surface area contributed by atoms with Crippen LogP contribution < -0.4 is 21.7 Å². The molecule has 1 unspecified atom stereocenters. The summed E-state index contributed by atoms with van der Waals surface area (Å²) in [6.07, 6.45) is 1.70. The van der Waals surface area contributed by atoms with Crippen LogP contribution in [-0.4, -0.2) is 39.8 Å². The first-order valence-electron chi connectivity index (χ1n) is 14.7. The summed E-state index contributed by atoms with van der Waals surface area (Å²) in [5.41, 5.74) is 10.6. The molecule has 1 fully saturated rings. The second kappa shape index (κ2) is 12.3. The molecule has 0 saturated carbocycles. The summed E-state index contributed by atoms with van der Waals surface area (Å²) in [6.45, 7) is 9.93. The zero-order valence-corrected chi connectivity index (χ0v) is 25.1. The van der Waals surface area contributed by atoms with Gasteiger partial charge in [-0.1, -0.05) is 50.6 Å². The maximum atomic E-state index is 13.9. The van der Waals surface area contributed by atoms with Gasteiger partial charge in [0.1, 0.15) is 11.6 Å². The third-order valence-electron chi connectivity index (χ3n) is 7.95. The first-order chi connectivity index (χ1) is 20.5. The van der Waals surface area contributed by atoms with Gasteiger partial charge in [0.2, 0.25) is 0 Å². The van der Waals surface area contributed by atoms with Gasteiger partial charge in [0, 0.05) is 22.7 Å². The molecule has 5 rings (SSSR count). The van der Waals surface area contributed by atoms with E-state index >= 15 is 0 Å². The van der Waals surface area contributed by atoms with Crippen molar-refractivity contribution in [2.45, 2.75) is 51.9 Å². The second-order valence-corrected chi connectivity index (χ2v) is 12.3. The van der Waals surface area contributed by atoms with E-state index in [2.05, 4.69) is 36.7 Å². The van der Waals surface area contributed by atoms with Crippen LogP contribution in [0.3, 0.4) is 0 Å². The molecule has 0 radical (unpaired) electrons. The van der Waals surface area contributed by atoms with Gasteiger partial charge >= 0.3 is 6.03 Å². The van der Waals surface area contributed by atoms with Crippen molar-refractivity contribution in [2.24, 2.45) is 5.92 Å². The van der Waals surface area contributed by atoms with Crippen LogP contribution >= 0.6 is 0 Å². The van der Waals surface area contributed by atoms with E-state index in [1.54, 1.807) is 10.7 Å². The maximum absolute atomic E-state index is 13.9. The largest absolute Gasteiger partial charge is 0.506 e. The zero-order valence-electron chi connectivity index (χ0n) is 25.1. The lowest BCUT2D eigenvalue weighted by atomic mass is 9.76. The Morgan fingerprint density at radius 3 is 2.40 bits per heavy atom. The number of aromatic hydroxyl groups is 1. The zero-order chi connectivity index (χ0) is 30.7. The van der Waals surface area contributed by atoms with Crippen molar-refractivity contribution in [3.8, 4) is 11.4 Å². The molecule has 1 aliphatic heterocycles. The third-order valence-corrected chi connectivity index (χ3v) is 7.95. The molecule has 1 atom stereocenters. The van der Waals surface area contributed by atoms with Crippen LogP contribution in [0.1, 0.15) is 66.7 Å². The number of anilines is 3. The number of Topliss-reactive ketones (excluding diaryl/α,β-unsaturated/α-hetero) is 1. The van der Waals surface area contributed by atoms with Crippen LogP contribution in [0.5, 0.6) is 5.75 Å². The number of hydrogen-bond donors (Lipinski definition) is 5. The summed E-state index contributed by atoms with van der Waals surface area (Å²) in [4.78, 5) is 27.2. The molecule has 9 heteroatoms. The maximum Gasteiger partial charge on any atom is 0.324 e. The molecule has 224 valence electrons. The second-order valence-electron chi connectivity index (χ2n) is 12.3. The minimum Gasteiger partial charge on any atom is -0.506 e. The number of ketones is 1. The molecule has 9 nitrogen and oxygen atoms in total. The molecule has 2 heterocycles. The van der Waals surface area contributed by atoms with E-state index in [1.165, 1.54) is 12.1 Å². The van der Waals surface area contributed by atoms with Gasteiger partial charge in [-0.25, -0.2) is 9.48 Å². The predicted molar refractivity (Wildman–Crippen MR) is 171 cm³/mol. The van der Waals surface area contributed by atoms with Crippen molar-refractivity contribution in [3.63, 3.8) is 0 Å². The van der Waals surface area contributed by atoms with E-state index < -0.39 is 11.9 Å². The number of aryl methyl sites for hydroxylation is 1. The van der Waals surface area contributed by atoms with E-state index in [0.717, 1.165) is 48.4 Å². The standard InChI is InChI=1S/C34H40N6O3/c1-21-8-11-26(12-9-21)40-30(20-29(39-40)34(2,3)4)38-33(43)37-25-7-5-6-23(18-25)31(22-14-16-36-17-15-22)32(42)24-10-13-28(41)27(35)19-24/h5-13,18-20,22,31,36,41H,14-17,35H2,1-4H3,(H2,37,38,43). The number of urea groups is 1. The Labute approximate surface area is 252 Å².